The van der Waals surface area contributed by atoms with E-state index < -0.39 is 17.9 Å². The number of hydrogen-bond donors (Lipinski definition) is 2. The summed E-state index contributed by atoms with van der Waals surface area (Å²) in [5.74, 6) is -1.55. The third kappa shape index (κ3) is 3.94. The molecule has 2 N–H and O–H groups in total. The molecule has 0 aliphatic carbocycles. The summed E-state index contributed by atoms with van der Waals surface area (Å²) in [6, 6.07) is -0.404. The van der Waals surface area contributed by atoms with Gasteiger partial charge in [-0.3, -0.25) is 10.1 Å². The fourth-order valence-corrected chi connectivity index (χ4v) is 1.47. The Labute approximate surface area is 102 Å². The highest BCUT2D eigenvalue weighted by molar-refractivity contribution is 7.09. The molecule has 1 heterocycles. The molecule has 0 aliphatic rings. The molecule has 8 nitrogen and oxygen atoms in total. The van der Waals surface area contributed by atoms with Gasteiger partial charge in [0.15, 0.2) is 0 Å². The first-order chi connectivity index (χ1) is 8.04. The van der Waals surface area contributed by atoms with E-state index in [4.69, 9.17) is 5.11 Å². The van der Waals surface area contributed by atoms with E-state index in [1.165, 1.54) is 4.90 Å². The van der Waals surface area contributed by atoms with Crippen LogP contribution in [0.5, 0.6) is 0 Å². The van der Waals surface area contributed by atoms with E-state index in [9.17, 15) is 9.59 Å². The summed E-state index contributed by atoms with van der Waals surface area (Å²) >= 11 is 0.957. The van der Waals surface area contributed by atoms with Crippen molar-refractivity contribution in [2.45, 2.75) is 13.8 Å². The van der Waals surface area contributed by atoms with Crippen LogP contribution >= 0.6 is 11.5 Å². The third-order valence-electron chi connectivity index (χ3n) is 2.10. The Morgan fingerprint density at radius 2 is 2.29 bits per heavy atom. The van der Waals surface area contributed by atoms with Gasteiger partial charge in [0.1, 0.15) is 0 Å². The van der Waals surface area contributed by atoms with Crippen LogP contribution in [0, 0.1) is 5.92 Å². The Kier molecular flexibility index (Phi) is 4.76. The van der Waals surface area contributed by atoms with Crippen LogP contribution in [-0.2, 0) is 4.79 Å². The number of amides is 2. The van der Waals surface area contributed by atoms with E-state index in [2.05, 4.69) is 20.1 Å². The number of urea groups is 1. The number of aliphatic carboxylic acids is 1. The molecule has 17 heavy (non-hydrogen) atoms. The van der Waals surface area contributed by atoms with Crippen molar-refractivity contribution in [2.24, 2.45) is 5.92 Å². The molecule has 9 heteroatoms. The minimum atomic E-state index is -0.936. The lowest BCUT2D eigenvalue weighted by Gasteiger charge is -2.22. The number of carboxylic acids is 1. The number of nitrogens with zero attached hydrogens (tertiary/aromatic N) is 4. The van der Waals surface area contributed by atoms with Crippen molar-refractivity contribution in [3.05, 3.63) is 0 Å². The highest BCUT2D eigenvalue weighted by atomic mass is 32.1. The van der Waals surface area contributed by atoms with Crippen molar-refractivity contribution >= 4 is 28.7 Å². The zero-order valence-electron chi connectivity index (χ0n) is 9.45. The van der Waals surface area contributed by atoms with E-state index in [0.29, 0.717) is 6.54 Å². The summed E-state index contributed by atoms with van der Waals surface area (Å²) in [4.78, 5) is 23.8. The first kappa shape index (κ1) is 13.3. The molecule has 1 unspecified atom stereocenters. The van der Waals surface area contributed by atoms with Gasteiger partial charge in [0.2, 0.25) is 5.13 Å². The molecule has 2 amide bonds. The van der Waals surface area contributed by atoms with Gasteiger partial charge in [-0.05, 0) is 12.1 Å². The molecule has 1 aromatic heterocycles. The SMILES string of the molecule is CCN(CC(C)C(=O)O)C(=O)Nc1nnns1. The van der Waals surface area contributed by atoms with Crippen LogP contribution < -0.4 is 5.32 Å². The topological polar surface area (TPSA) is 108 Å². The zero-order valence-corrected chi connectivity index (χ0v) is 10.3. The molecule has 1 rings (SSSR count). The minimum absolute atomic E-state index is 0.143. The molecule has 1 atom stereocenters. The Morgan fingerprint density at radius 1 is 1.59 bits per heavy atom. The summed E-state index contributed by atoms with van der Waals surface area (Å²) in [5.41, 5.74) is 0. The van der Waals surface area contributed by atoms with Gasteiger partial charge in [0, 0.05) is 24.6 Å². The lowest BCUT2D eigenvalue weighted by Crippen LogP contribution is -2.39. The Bertz CT molecular complexity index is 383. The Hall–Kier alpha value is -1.77. The predicted molar refractivity (Wildman–Crippen MR) is 60.8 cm³/mol. The van der Waals surface area contributed by atoms with Gasteiger partial charge in [-0.2, -0.15) is 0 Å². The van der Waals surface area contributed by atoms with Crippen LogP contribution in [0.4, 0.5) is 9.93 Å². The van der Waals surface area contributed by atoms with Crippen molar-refractivity contribution < 1.29 is 14.7 Å². The van der Waals surface area contributed by atoms with Crippen molar-refractivity contribution in [1.29, 1.82) is 0 Å². The average Bonchev–Trinajstić information content (AvgIpc) is 2.77. The highest BCUT2D eigenvalue weighted by Crippen LogP contribution is 2.08. The Balaban J connectivity index is 2.55. The zero-order chi connectivity index (χ0) is 12.8. The molecular weight excluding hydrogens is 246 g/mol. The van der Waals surface area contributed by atoms with Gasteiger partial charge >= 0.3 is 12.0 Å². The molecule has 94 valence electrons. The maximum Gasteiger partial charge on any atom is 0.323 e. The molecular formula is C8H13N5O3S. The third-order valence-corrected chi connectivity index (χ3v) is 2.61. The molecule has 0 spiro atoms. The van der Waals surface area contributed by atoms with Crippen molar-refractivity contribution in [2.75, 3.05) is 18.4 Å². The number of aromatic nitrogens is 3. The number of hydrogen-bond acceptors (Lipinski definition) is 6. The summed E-state index contributed by atoms with van der Waals surface area (Å²) < 4.78 is 3.50. The van der Waals surface area contributed by atoms with Crippen LogP contribution in [0.25, 0.3) is 0 Å². The largest absolute Gasteiger partial charge is 0.481 e. The molecule has 0 radical (unpaired) electrons. The smallest absolute Gasteiger partial charge is 0.323 e. The summed E-state index contributed by atoms with van der Waals surface area (Å²) in [6.45, 7) is 3.87. The molecule has 0 fully saturated rings. The van der Waals surface area contributed by atoms with E-state index >= 15 is 0 Å². The van der Waals surface area contributed by atoms with E-state index in [0.717, 1.165) is 11.5 Å². The number of carbonyl (C=O) groups is 2. The maximum atomic E-state index is 11.7. The van der Waals surface area contributed by atoms with Crippen molar-refractivity contribution in [1.82, 2.24) is 19.7 Å². The van der Waals surface area contributed by atoms with Gasteiger partial charge in [-0.1, -0.05) is 16.5 Å². The molecule has 0 saturated heterocycles. The second-order valence-corrected chi connectivity index (χ2v) is 4.11. The van der Waals surface area contributed by atoms with E-state index in [1.54, 1.807) is 13.8 Å². The number of anilines is 1. The quantitative estimate of drug-likeness (QED) is 0.797. The normalized spacial score (nSPS) is 11.9. The first-order valence-corrected chi connectivity index (χ1v) is 5.75. The van der Waals surface area contributed by atoms with Gasteiger partial charge < -0.3 is 10.0 Å². The van der Waals surface area contributed by atoms with Crippen molar-refractivity contribution in [3.63, 3.8) is 0 Å². The van der Waals surface area contributed by atoms with Crippen LogP contribution in [0.1, 0.15) is 13.8 Å². The number of carboxylic acid groups (broad SMARTS) is 1. The molecule has 1 aromatic rings. The Morgan fingerprint density at radius 3 is 2.76 bits per heavy atom. The van der Waals surface area contributed by atoms with E-state index in [1.807, 2.05) is 0 Å². The standard InChI is InChI=1S/C8H13N5O3S/c1-3-13(4-5(2)6(14)15)8(16)9-7-10-11-12-17-7/h5H,3-4H2,1-2H3,(H,14,15)(H,9,10,12,16). The predicted octanol–water partition coefficient (Wildman–Crippen LogP) is 0.508. The van der Waals surface area contributed by atoms with Crippen LogP contribution in [0.15, 0.2) is 0 Å². The fourth-order valence-electron chi connectivity index (χ4n) is 1.12. The van der Waals surface area contributed by atoms with Crippen LogP contribution in [0.3, 0.4) is 0 Å². The second kappa shape index (κ2) is 6.09. The number of carbonyl (C=O) groups excluding carboxylic acids is 1. The molecule has 0 aromatic carbocycles. The summed E-state index contributed by atoms with van der Waals surface area (Å²) in [6.07, 6.45) is 0. The van der Waals surface area contributed by atoms with Crippen LogP contribution in [-0.4, -0.2) is 49.9 Å². The van der Waals surface area contributed by atoms with Crippen molar-refractivity contribution in [3.8, 4) is 0 Å². The molecule has 0 saturated carbocycles. The van der Waals surface area contributed by atoms with Gasteiger partial charge in [-0.25, -0.2) is 4.79 Å². The van der Waals surface area contributed by atoms with E-state index in [-0.39, 0.29) is 11.7 Å². The fraction of sp³-hybridized carbons (Fsp3) is 0.625. The average molecular weight is 259 g/mol. The maximum absolute atomic E-state index is 11.7. The summed E-state index contributed by atoms with van der Waals surface area (Å²) in [5, 5.41) is 18.5. The minimum Gasteiger partial charge on any atom is -0.481 e. The lowest BCUT2D eigenvalue weighted by atomic mass is 10.2. The highest BCUT2D eigenvalue weighted by Gasteiger charge is 2.19. The molecule has 0 aliphatic heterocycles. The van der Waals surface area contributed by atoms with Gasteiger partial charge in [-0.15, -0.1) is 0 Å². The second-order valence-electron chi connectivity index (χ2n) is 3.38. The number of rotatable bonds is 5. The summed E-state index contributed by atoms with van der Waals surface area (Å²) in [7, 11) is 0. The lowest BCUT2D eigenvalue weighted by molar-refractivity contribution is -0.141. The first-order valence-electron chi connectivity index (χ1n) is 4.98. The monoisotopic (exact) mass is 259 g/mol. The number of nitrogens with one attached hydrogen (secondary N) is 1. The molecule has 0 bridgehead atoms. The van der Waals surface area contributed by atoms with Gasteiger partial charge in [0.25, 0.3) is 0 Å². The van der Waals surface area contributed by atoms with Crippen LogP contribution in [0.2, 0.25) is 0 Å². The van der Waals surface area contributed by atoms with Gasteiger partial charge in [0.05, 0.1) is 5.92 Å².